The fraction of sp³-hybridized carbons (Fsp3) is 0.643. The van der Waals surface area contributed by atoms with Crippen LogP contribution in [0.25, 0.3) is 0 Å². The molecule has 6 heteroatoms. The number of hydrogen-bond donors (Lipinski definition) is 1. The monoisotopic (exact) mass is 278 g/mol. The Morgan fingerprint density at radius 1 is 1.40 bits per heavy atom. The van der Waals surface area contributed by atoms with E-state index in [0.717, 1.165) is 6.42 Å². The van der Waals surface area contributed by atoms with Gasteiger partial charge in [-0.3, -0.25) is 19.2 Å². The van der Waals surface area contributed by atoms with Gasteiger partial charge in [-0.1, -0.05) is 27.2 Å². The van der Waals surface area contributed by atoms with Gasteiger partial charge in [0.15, 0.2) is 5.82 Å². The van der Waals surface area contributed by atoms with Gasteiger partial charge in [0.05, 0.1) is 0 Å². The summed E-state index contributed by atoms with van der Waals surface area (Å²) in [7, 11) is 1.80. The molecular formula is C14H22N4O2. The van der Waals surface area contributed by atoms with Crippen LogP contribution in [0.1, 0.15) is 33.6 Å². The molecule has 110 valence electrons. The Morgan fingerprint density at radius 3 is 2.60 bits per heavy atom. The van der Waals surface area contributed by atoms with Gasteiger partial charge in [0, 0.05) is 19.3 Å². The zero-order valence-electron chi connectivity index (χ0n) is 12.5. The number of rotatable bonds is 4. The number of nitrogens with zero attached hydrogens (tertiary/aromatic N) is 3. The van der Waals surface area contributed by atoms with Gasteiger partial charge in [0.1, 0.15) is 12.1 Å². The van der Waals surface area contributed by atoms with E-state index < -0.39 is 12.1 Å². The fourth-order valence-corrected chi connectivity index (χ4v) is 2.61. The normalized spacial score (nSPS) is 23.4. The molecule has 0 aliphatic carbocycles. The number of aromatic nitrogens is 2. The Labute approximate surface area is 119 Å². The molecule has 1 aliphatic rings. The molecule has 0 saturated carbocycles. The molecule has 0 bridgehead atoms. The maximum absolute atomic E-state index is 12.6. The molecule has 1 N–H and O–H groups in total. The summed E-state index contributed by atoms with van der Waals surface area (Å²) in [4.78, 5) is 26.5. The van der Waals surface area contributed by atoms with E-state index in [9.17, 15) is 9.59 Å². The van der Waals surface area contributed by atoms with Crippen LogP contribution in [0.2, 0.25) is 0 Å². The SMILES string of the molecule is CCCC1NC(=O)C(C(C)C)N(c2ccn(C)n2)C1=O. The third-order valence-electron chi connectivity index (χ3n) is 3.55. The number of amides is 2. The second-order valence-corrected chi connectivity index (χ2v) is 5.59. The van der Waals surface area contributed by atoms with Gasteiger partial charge in [-0.15, -0.1) is 0 Å². The quantitative estimate of drug-likeness (QED) is 0.896. The highest BCUT2D eigenvalue weighted by atomic mass is 16.2. The van der Waals surface area contributed by atoms with Crippen molar-refractivity contribution in [2.45, 2.75) is 45.7 Å². The van der Waals surface area contributed by atoms with E-state index in [2.05, 4.69) is 10.4 Å². The molecular weight excluding hydrogens is 256 g/mol. The van der Waals surface area contributed by atoms with Gasteiger partial charge in [-0.25, -0.2) is 0 Å². The van der Waals surface area contributed by atoms with Crippen molar-refractivity contribution in [3.05, 3.63) is 12.3 Å². The van der Waals surface area contributed by atoms with Gasteiger partial charge in [-0.05, 0) is 12.3 Å². The minimum absolute atomic E-state index is 0.0310. The van der Waals surface area contributed by atoms with Crippen LogP contribution in [0.4, 0.5) is 5.82 Å². The predicted molar refractivity (Wildman–Crippen MR) is 76.2 cm³/mol. The van der Waals surface area contributed by atoms with Crippen molar-refractivity contribution in [1.29, 1.82) is 0 Å². The van der Waals surface area contributed by atoms with E-state index in [1.165, 1.54) is 0 Å². The first kappa shape index (κ1) is 14.6. The lowest BCUT2D eigenvalue weighted by atomic mass is 9.95. The molecule has 1 fully saturated rings. The fourth-order valence-electron chi connectivity index (χ4n) is 2.61. The van der Waals surface area contributed by atoms with Crippen molar-refractivity contribution in [2.24, 2.45) is 13.0 Å². The summed E-state index contributed by atoms with van der Waals surface area (Å²) in [6.45, 7) is 5.88. The van der Waals surface area contributed by atoms with Gasteiger partial charge >= 0.3 is 0 Å². The van der Waals surface area contributed by atoms with Crippen LogP contribution in [-0.2, 0) is 16.6 Å². The third kappa shape index (κ3) is 2.55. The van der Waals surface area contributed by atoms with Crippen molar-refractivity contribution in [2.75, 3.05) is 4.90 Å². The molecule has 1 aromatic rings. The highest BCUT2D eigenvalue weighted by Crippen LogP contribution is 2.24. The number of nitrogens with one attached hydrogen (secondary N) is 1. The number of hydrogen-bond acceptors (Lipinski definition) is 3. The second-order valence-electron chi connectivity index (χ2n) is 5.59. The lowest BCUT2D eigenvalue weighted by molar-refractivity contribution is -0.135. The lowest BCUT2D eigenvalue weighted by Gasteiger charge is -2.39. The van der Waals surface area contributed by atoms with E-state index in [-0.39, 0.29) is 17.7 Å². The Balaban J connectivity index is 2.38. The Hall–Kier alpha value is -1.85. The predicted octanol–water partition coefficient (Wildman–Crippen LogP) is 1.08. The lowest BCUT2D eigenvalue weighted by Crippen LogP contribution is -2.65. The second kappa shape index (κ2) is 5.64. The molecule has 2 amide bonds. The standard InChI is InChI=1S/C14H22N4O2/c1-5-6-10-14(20)18(11-7-8-17(4)16-11)12(9(2)3)13(19)15-10/h7-10,12H,5-6H2,1-4H3,(H,15,19). The molecule has 2 atom stereocenters. The van der Waals surface area contributed by atoms with Crippen LogP contribution >= 0.6 is 0 Å². The zero-order valence-corrected chi connectivity index (χ0v) is 12.5. The summed E-state index contributed by atoms with van der Waals surface area (Å²) in [5.74, 6) is 0.420. The molecule has 0 aromatic carbocycles. The number of carbonyl (C=O) groups excluding carboxylic acids is 2. The molecule has 20 heavy (non-hydrogen) atoms. The van der Waals surface area contributed by atoms with Gasteiger partial charge in [0.2, 0.25) is 5.91 Å². The van der Waals surface area contributed by atoms with E-state index in [4.69, 9.17) is 0 Å². The molecule has 2 unspecified atom stereocenters. The molecule has 6 nitrogen and oxygen atoms in total. The van der Waals surface area contributed by atoms with Crippen LogP contribution < -0.4 is 10.2 Å². The summed E-state index contributed by atoms with van der Waals surface area (Å²) in [5, 5.41) is 7.13. The van der Waals surface area contributed by atoms with E-state index in [1.54, 1.807) is 28.9 Å². The zero-order chi connectivity index (χ0) is 14.9. The first-order valence-corrected chi connectivity index (χ1v) is 7.08. The van der Waals surface area contributed by atoms with Crippen molar-refractivity contribution >= 4 is 17.6 Å². The topological polar surface area (TPSA) is 67.2 Å². The summed E-state index contributed by atoms with van der Waals surface area (Å²) in [6.07, 6.45) is 3.28. The minimum atomic E-state index is -0.495. The van der Waals surface area contributed by atoms with Crippen LogP contribution in [-0.4, -0.2) is 33.7 Å². The number of carbonyl (C=O) groups is 2. The highest BCUT2D eigenvalue weighted by molar-refractivity contribution is 6.08. The molecule has 1 aromatic heterocycles. The van der Waals surface area contributed by atoms with Crippen LogP contribution in [0.5, 0.6) is 0 Å². The van der Waals surface area contributed by atoms with Gasteiger partial charge in [0.25, 0.3) is 5.91 Å². The van der Waals surface area contributed by atoms with Crippen molar-refractivity contribution < 1.29 is 9.59 Å². The number of piperazine rings is 1. The molecule has 1 saturated heterocycles. The maximum atomic E-state index is 12.6. The largest absolute Gasteiger partial charge is 0.342 e. The average molecular weight is 278 g/mol. The summed E-state index contributed by atoms with van der Waals surface area (Å²) >= 11 is 0. The Bertz CT molecular complexity index is 509. The number of anilines is 1. The smallest absolute Gasteiger partial charge is 0.251 e. The van der Waals surface area contributed by atoms with Crippen molar-refractivity contribution in [3.63, 3.8) is 0 Å². The highest BCUT2D eigenvalue weighted by Gasteiger charge is 2.43. The van der Waals surface area contributed by atoms with E-state index in [0.29, 0.717) is 12.2 Å². The maximum Gasteiger partial charge on any atom is 0.251 e. The molecule has 1 aliphatic heterocycles. The summed E-state index contributed by atoms with van der Waals surface area (Å²) in [5.41, 5.74) is 0. The van der Waals surface area contributed by atoms with E-state index >= 15 is 0 Å². The van der Waals surface area contributed by atoms with Crippen molar-refractivity contribution in [1.82, 2.24) is 15.1 Å². The summed E-state index contributed by atoms with van der Waals surface area (Å²) in [6, 6.07) is 0.838. The van der Waals surface area contributed by atoms with Crippen molar-refractivity contribution in [3.8, 4) is 0 Å². The third-order valence-corrected chi connectivity index (χ3v) is 3.55. The molecule has 2 rings (SSSR count). The first-order valence-electron chi connectivity index (χ1n) is 7.08. The Morgan fingerprint density at radius 2 is 2.10 bits per heavy atom. The number of aryl methyl sites for hydroxylation is 1. The minimum Gasteiger partial charge on any atom is -0.342 e. The molecule has 2 heterocycles. The molecule has 0 spiro atoms. The Kier molecular flexibility index (Phi) is 4.11. The van der Waals surface area contributed by atoms with Crippen LogP contribution in [0, 0.1) is 5.92 Å². The first-order chi connectivity index (χ1) is 9.45. The van der Waals surface area contributed by atoms with Crippen LogP contribution in [0.3, 0.4) is 0 Å². The average Bonchev–Trinajstić information content (AvgIpc) is 2.79. The van der Waals surface area contributed by atoms with Crippen LogP contribution in [0.15, 0.2) is 12.3 Å². The summed E-state index contributed by atoms with van der Waals surface area (Å²) < 4.78 is 1.64. The molecule has 0 radical (unpaired) electrons. The van der Waals surface area contributed by atoms with E-state index in [1.807, 2.05) is 20.8 Å². The van der Waals surface area contributed by atoms with Gasteiger partial charge in [-0.2, -0.15) is 5.10 Å². The van der Waals surface area contributed by atoms with Gasteiger partial charge < -0.3 is 5.32 Å².